The minimum Gasteiger partial charge on any atom is -0.484 e. The Balaban J connectivity index is 1.47. The van der Waals surface area contributed by atoms with Gasteiger partial charge in [0.05, 0.1) is 0 Å². The van der Waals surface area contributed by atoms with E-state index < -0.39 is 39.3 Å². The minimum atomic E-state index is -3.11. The maximum absolute atomic E-state index is 14.9. The number of amides is 1. The summed E-state index contributed by atoms with van der Waals surface area (Å²) in [6, 6.07) is 8.25. The normalized spacial score (nSPS) is 24.0. The van der Waals surface area contributed by atoms with Gasteiger partial charge < -0.3 is 14.4 Å². The summed E-state index contributed by atoms with van der Waals surface area (Å²) in [5, 5.41) is 0. The van der Waals surface area contributed by atoms with Crippen molar-refractivity contribution in [1.82, 2.24) is 4.90 Å². The second-order valence-corrected chi connectivity index (χ2v) is 12.2. The molecule has 1 N–H and O–H groups in total. The van der Waals surface area contributed by atoms with Crippen LogP contribution < -0.4 is 4.74 Å². The lowest BCUT2D eigenvalue weighted by molar-refractivity contribution is -0.00805. The van der Waals surface area contributed by atoms with Crippen molar-refractivity contribution in [2.24, 2.45) is 0 Å². The third-order valence-electron chi connectivity index (χ3n) is 6.20. The molecule has 2 fully saturated rings. The number of halogens is 2. The van der Waals surface area contributed by atoms with Gasteiger partial charge in [-0.15, -0.1) is 0 Å². The monoisotopic (exact) mass is 494 g/mol. The van der Waals surface area contributed by atoms with E-state index in [2.05, 4.69) is 0 Å². The standard InChI is InChI=1S/C25H29F2NO5S/c1-25(2,3)33-24(29)28-17-7-8-18(28)14-19(13-17)32-23-21(26)11-16(12-22(23)27)15-5-9-20(10-6-15)34(4,30)31/h5-6,9-12,17-19H,7-8,13-14H2,1-4H3/p+1. The van der Waals surface area contributed by atoms with Crippen molar-refractivity contribution in [3.63, 3.8) is 0 Å². The number of benzene rings is 2. The number of piperidine rings is 1. The topological polar surface area (TPSA) is 76.1 Å². The lowest BCUT2D eigenvalue weighted by Gasteiger charge is -2.39. The molecule has 2 heterocycles. The van der Waals surface area contributed by atoms with Crippen LogP contribution in [0.1, 0.15) is 46.5 Å². The van der Waals surface area contributed by atoms with Gasteiger partial charge in [-0.05, 0) is 81.1 Å². The Morgan fingerprint density at radius 3 is 2.03 bits per heavy atom. The predicted octanol–water partition coefficient (Wildman–Crippen LogP) is 5.90. The Bertz CT molecular complexity index is 1090. The Morgan fingerprint density at radius 2 is 1.56 bits per heavy atom. The quantitative estimate of drug-likeness (QED) is 0.536. The van der Waals surface area contributed by atoms with Crippen molar-refractivity contribution in [3.05, 3.63) is 48.0 Å². The highest BCUT2D eigenvalue weighted by Crippen LogP contribution is 2.39. The first kappa shape index (κ1) is 24.6. The molecule has 0 aliphatic carbocycles. The molecule has 0 radical (unpaired) electrons. The number of rotatable bonds is 4. The van der Waals surface area contributed by atoms with Crippen LogP contribution in [0.2, 0.25) is 0 Å². The van der Waals surface area contributed by atoms with Crippen LogP contribution in [0, 0.1) is 11.6 Å². The molecule has 2 aliphatic heterocycles. The second kappa shape index (κ2) is 8.92. The van der Waals surface area contributed by atoms with Crippen LogP contribution in [0.4, 0.5) is 13.6 Å². The SMILES string of the molecule is CC(C)(C)OC(=O)N1C2CCC1CC(Oc1c(F)cc(-c3ccc([S+](C)(=O)O)cc3)cc1F)C2. The fourth-order valence-electron chi connectivity index (χ4n) is 4.74. The molecule has 2 aliphatic rings. The van der Waals surface area contributed by atoms with Gasteiger partial charge in [0.2, 0.25) is 10.2 Å². The van der Waals surface area contributed by atoms with Gasteiger partial charge in [-0.2, -0.15) is 4.55 Å². The summed E-state index contributed by atoms with van der Waals surface area (Å²) < 4.78 is 62.4. The molecule has 0 spiro atoms. The van der Waals surface area contributed by atoms with Crippen LogP contribution in [0.3, 0.4) is 0 Å². The molecule has 3 atom stereocenters. The number of fused-ring (bicyclic) bond motifs is 2. The zero-order valence-electron chi connectivity index (χ0n) is 19.7. The van der Waals surface area contributed by atoms with E-state index in [1.165, 1.54) is 30.5 Å². The summed E-state index contributed by atoms with van der Waals surface area (Å²) >= 11 is 0. The smallest absolute Gasteiger partial charge is 0.410 e. The third-order valence-corrected chi connectivity index (χ3v) is 7.35. The number of ether oxygens (including phenoxy) is 2. The van der Waals surface area contributed by atoms with Crippen LogP contribution >= 0.6 is 0 Å². The average Bonchev–Trinajstić information content (AvgIpc) is 2.99. The van der Waals surface area contributed by atoms with Crippen LogP contribution in [-0.2, 0) is 19.2 Å². The largest absolute Gasteiger partial charge is 0.484 e. The molecular formula is C25H30F2NO5S+. The van der Waals surface area contributed by atoms with Crippen LogP contribution in [0.15, 0.2) is 41.3 Å². The lowest BCUT2D eigenvalue weighted by Crippen LogP contribution is -2.50. The third kappa shape index (κ3) is 5.25. The molecule has 9 heteroatoms. The highest BCUT2D eigenvalue weighted by molar-refractivity contribution is 7.97. The average molecular weight is 495 g/mol. The van der Waals surface area contributed by atoms with E-state index in [9.17, 15) is 22.3 Å². The van der Waals surface area contributed by atoms with E-state index in [0.29, 0.717) is 24.0 Å². The Labute approximate surface area is 199 Å². The molecular weight excluding hydrogens is 464 g/mol. The van der Waals surface area contributed by atoms with Crippen molar-refractivity contribution in [2.75, 3.05) is 6.26 Å². The molecule has 2 saturated heterocycles. The van der Waals surface area contributed by atoms with Gasteiger partial charge in [0.1, 0.15) is 18.0 Å². The molecule has 184 valence electrons. The maximum atomic E-state index is 14.9. The van der Waals surface area contributed by atoms with Crippen LogP contribution in [-0.4, -0.2) is 45.6 Å². The zero-order chi connectivity index (χ0) is 24.8. The first-order chi connectivity index (χ1) is 15.8. The van der Waals surface area contributed by atoms with Crippen molar-refractivity contribution < 1.29 is 31.8 Å². The molecule has 1 amide bonds. The van der Waals surface area contributed by atoms with E-state index in [1.54, 1.807) is 17.0 Å². The summed E-state index contributed by atoms with van der Waals surface area (Å²) in [6.07, 6.45) is 3.02. The molecule has 4 rings (SSSR count). The molecule has 0 saturated carbocycles. The highest BCUT2D eigenvalue weighted by Gasteiger charge is 2.46. The van der Waals surface area contributed by atoms with Gasteiger partial charge >= 0.3 is 6.09 Å². The number of nitrogens with zero attached hydrogens (tertiary/aromatic N) is 1. The Kier molecular flexibility index (Phi) is 6.46. The number of carbonyl (C=O) groups is 1. The van der Waals surface area contributed by atoms with Gasteiger partial charge in [-0.25, -0.2) is 13.6 Å². The van der Waals surface area contributed by atoms with Crippen molar-refractivity contribution >= 4 is 16.3 Å². The van der Waals surface area contributed by atoms with Gasteiger partial charge in [-0.3, -0.25) is 0 Å². The number of hydrogen-bond donors (Lipinski definition) is 1. The summed E-state index contributed by atoms with van der Waals surface area (Å²) in [6.45, 7) is 5.46. The van der Waals surface area contributed by atoms with Crippen molar-refractivity contribution in [2.45, 2.75) is 75.1 Å². The molecule has 34 heavy (non-hydrogen) atoms. The summed E-state index contributed by atoms with van der Waals surface area (Å²) in [7, 11) is -3.11. The summed E-state index contributed by atoms with van der Waals surface area (Å²) in [5.41, 5.74) is 0.223. The van der Waals surface area contributed by atoms with Crippen molar-refractivity contribution in [3.8, 4) is 16.9 Å². The Morgan fingerprint density at radius 1 is 1.03 bits per heavy atom. The fourth-order valence-corrected chi connectivity index (χ4v) is 5.38. The first-order valence-electron chi connectivity index (χ1n) is 11.3. The van der Waals surface area contributed by atoms with E-state index in [4.69, 9.17) is 9.47 Å². The van der Waals surface area contributed by atoms with Gasteiger partial charge in [0.15, 0.2) is 22.3 Å². The summed E-state index contributed by atoms with van der Waals surface area (Å²) in [4.78, 5) is 14.6. The molecule has 2 aromatic rings. The van der Waals surface area contributed by atoms with E-state index >= 15 is 0 Å². The maximum Gasteiger partial charge on any atom is 0.410 e. The van der Waals surface area contributed by atoms with E-state index in [-0.39, 0.29) is 23.1 Å². The molecule has 3 unspecified atom stereocenters. The molecule has 0 aromatic heterocycles. The lowest BCUT2D eigenvalue weighted by atomic mass is 10.00. The highest BCUT2D eigenvalue weighted by atomic mass is 32.3. The van der Waals surface area contributed by atoms with Crippen LogP contribution in [0.5, 0.6) is 5.75 Å². The number of hydrogen-bond acceptors (Lipinski definition) is 4. The summed E-state index contributed by atoms with van der Waals surface area (Å²) in [5.74, 6) is -2.06. The van der Waals surface area contributed by atoms with Crippen molar-refractivity contribution in [1.29, 1.82) is 0 Å². The fraction of sp³-hybridized carbons (Fsp3) is 0.480. The first-order valence-corrected chi connectivity index (χ1v) is 13.2. The zero-order valence-corrected chi connectivity index (χ0v) is 20.5. The van der Waals surface area contributed by atoms with Gasteiger partial charge in [0.25, 0.3) is 0 Å². The molecule has 6 nitrogen and oxygen atoms in total. The van der Waals surface area contributed by atoms with E-state index in [1.807, 2.05) is 20.8 Å². The van der Waals surface area contributed by atoms with Gasteiger partial charge in [0, 0.05) is 24.9 Å². The molecule has 2 aromatic carbocycles. The predicted molar refractivity (Wildman–Crippen MR) is 125 cm³/mol. The second-order valence-electron chi connectivity index (χ2n) is 10.1. The minimum absolute atomic E-state index is 0.0807. The number of carbonyl (C=O) groups excluding carboxylic acids is 1. The molecule has 2 bridgehead atoms. The van der Waals surface area contributed by atoms with E-state index in [0.717, 1.165) is 12.8 Å². The van der Waals surface area contributed by atoms with Crippen LogP contribution in [0.25, 0.3) is 11.1 Å². The van der Waals surface area contributed by atoms with Gasteiger partial charge in [-0.1, -0.05) is 4.21 Å². The Hall–Kier alpha value is -2.52.